The van der Waals surface area contributed by atoms with Crippen molar-refractivity contribution in [2.75, 3.05) is 6.54 Å². The molecule has 1 unspecified atom stereocenters. The lowest BCUT2D eigenvalue weighted by molar-refractivity contribution is 0.0951. The number of H-pyrrole nitrogens is 1. The van der Waals surface area contributed by atoms with E-state index in [1.54, 1.807) is 0 Å². The Morgan fingerprint density at radius 3 is 2.86 bits per heavy atom. The fraction of sp³-hybridized carbons (Fsp3) is 0.385. The largest absolute Gasteiger partial charge is 0.350 e. The van der Waals surface area contributed by atoms with E-state index in [1.165, 1.54) is 18.5 Å². The third-order valence-corrected chi connectivity index (χ3v) is 3.46. The average molecular weight is 335 g/mol. The van der Waals surface area contributed by atoms with Gasteiger partial charge in [-0.05, 0) is 30.9 Å². The van der Waals surface area contributed by atoms with E-state index in [4.69, 9.17) is 5.73 Å². The molecule has 116 valence electrons. The van der Waals surface area contributed by atoms with Gasteiger partial charge in [0.1, 0.15) is 11.3 Å². The van der Waals surface area contributed by atoms with Crippen molar-refractivity contribution in [3.8, 4) is 0 Å². The molecule has 0 radical (unpaired) electrons. The van der Waals surface area contributed by atoms with Gasteiger partial charge in [-0.3, -0.25) is 4.79 Å². The SMILES string of the molecule is Cl.Cl.NC(CNC(=O)c1cc(F)cc2[nH]cnc12)C1CC1. The van der Waals surface area contributed by atoms with Crippen molar-refractivity contribution in [2.45, 2.75) is 18.9 Å². The molecule has 1 aromatic carbocycles. The van der Waals surface area contributed by atoms with Crippen LogP contribution in [0.1, 0.15) is 23.2 Å². The number of carbonyl (C=O) groups is 1. The molecule has 1 aliphatic carbocycles. The summed E-state index contributed by atoms with van der Waals surface area (Å²) in [4.78, 5) is 18.9. The summed E-state index contributed by atoms with van der Waals surface area (Å²) in [6, 6.07) is 2.49. The van der Waals surface area contributed by atoms with Crippen LogP contribution in [0, 0.1) is 11.7 Å². The van der Waals surface area contributed by atoms with Gasteiger partial charge >= 0.3 is 0 Å². The Bertz CT molecular complexity index is 630. The molecular weight excluding hydrogens is 318 g/mol. The van der Waals surface area contributed by atoms with Crippen LogP contribution in [0.5, 0.6) is 0 Å². The van der Waals surface area contributed by atoms with E-state index in [9.17, 15) is 9.18 Å². The van der Waals surface area contributed by atoms with Gasteiger partial charge in [0, 0.05) is 12.6 Å². The third-order valence-electron chi connectivity index (χ3n) is 3.46. The number of benzene rings is 1. The quantitative estimate of drug-likeness (QED) is 0.799. The van der Waals surface area contributed by atoms with Gasteiger partial charge in [0.15, 0.2) is 0 Å². The van der Waals surface area contributed by atoms with Crippen LogP contribution < -0.4 is 11.1 Å². The highest BCUT2D eigenvalue weighted by molar-refractivity contribution is 6.04. The summed E-state index contributed by atoms with van der Waals surface area (Å²) in [6.07, 6.45) is 3.69. The van der Waals surface area contributed by atoms with Crippen LogP contribution in [0.2, 0.25) is 0 Å². The fourth-order valence-corrected chi connectivity index (χ4v) is 2.18. The minimum absolute atomic E-state index is 0. The summed E-state index contributed by atoms with van der Waals surface area (Å²) < 4.78 is 13.4. The number of nitrogens with one attached hydrogen (secondary N) is 2. The third kappa shape index (κ3) is 3.84. The van der Waals surface area contributed by atoms with Gasteiger partial charge in [0.05, 0.1) is 17.4 Å². The van der Waals surface area contributed by atoms with E-state index < -0.39 is 5.82 Å². The summed E-state index contributed by atoms with van der Waals surface area (Å²) in [5.41, 5.74) is 7.13. The van der Waals surface area contributed by atoms with Crippen LogP contribution in [0.25, 0.3) is 11.0 Å². The second-order valence-corrected chi connectivity index (χ2v) is 4.96. The number of amides is 1. The molecule has 1 saturated carbocycles. The predicted octanol–water partition coefficient (Wildman–Crippen LogP) is 2.01. The number of hydrogen-bond donors (Lipinski definition) is 3. The second kappa shape index (κ2) is 7.06. The maximum Gasteiger partial charge on any atom is 0.253 e. The van der Waals surface area contributed by atoms with Crippen LogP contribution in [0.3, 0.4) is 0 Å². The molecule has 4 N–H and O–H groups in total. The number of nitrogens with zero attached hydrogens (tertiary/aromatic N) is 1. The monoisotopic (exact) mass is 334 g/mol. The summed E-state index contributed by atoms with van der Waals surface area (Å²) in [5.74, 6) is -0.292. The van der Waals surface area contributed by atoms with Gasteiger partial charge in [0.2, 0.25) is 0 Å². The number of halogens is 3. The average Bonchev–Trinajstić information content (AvgIpc) is 3.14. The molecule has 1 amide bonds. The minimum atomic E-state index is -0.464. The topological polar surface area (TPSA) is 83.8 Å². The first kappa shape index (κ1) is 17.7. The van der Waals surface area contributed by atoms with Crippen LogP contribution in [0.15, 0.2) is 18.5 Å². The minimum Gasteiger partial charge on any atom is -0.350 e. The highest BCUT2D eigenvalue weighted by atomic mass is 35.5. The Kier molecular flexibility index (Phi) is 5.95. The van der Waals surface area contributed by atoms with Crippen LogP contribution in [-0.4, -0.2) is 28.5 Å². The number of hydrogen-bond acceptors (Lipinski definition) is 3. The predicted molar refractivity (Wildman–Crippen MR) is 83.6 cm³/mol. The van der Waals surface area contributed by atoms with E-state index in [0.717, 1.165) is 12.8 Å². The highest BCUT2D eigenvalue weighted by Crippen LogP contribution is 2.31. The number of imidazole rings is 1. The zero-order valence-corrected chi connectivity index (χ0v) is 12.8. The molecule has 5 nitrogen and oxygen atoms in total. The Balaban J connectivity index is 0.00000110. The number of fused-ring (bicyclic) bond motifs is 1. The maximum atomic E-state index is 13.4. The van der Waals surface area contributed by atoms with Gasteiger partial charge in [-0.2, -0.15) is 0 Å². The summed E-state index contributed by atoms with van der Waals surface area (Å²) in [6.45, 7) is 0.409. The van der Waals surface area contributed by atoms with E-state index in [0.29, 0.717) is 23.5 Å². The lowest BCUT2D eigenvalue weighted by Gasteiger charge is -2.11. The zero-order chi connectivity index (χ0) is 13.4. The maximum absolute atomic E-state index is 13.4. The molecule has 2 aromatic rings. The van der Waals surface area contributed by atoms with Crippen molar-refractivity contribution in [1.82, 2.24) is 15.3 Å². The molecular formula is C13H17Cl2FN4O. The summed E-state index contributed by atoms with van der Waals surface area (Å²) in [5, 5.41) is 2.74. The molecule has 0 saturated heterocycles. The smallest absolute Gasteiger partial charge is 0.253 e. The lowest BCUT2D eigenvalue weighted by Crippen LogP contribution is -2.38. The number of aromatic nitrogens is 2. The fourth-order valence-electron chi connectivity index (χ4n) is 2.18. The van der Waals surface area contributed by atoms with Crippen LogP contribution in [-0.2, 0) is 0 Å². The first-order valence-corrected chi connectivity index (χ1v) is 6.31. The second-order valence-electron chi connectivity index (χ2n) is 4.96. The molecule has 8 heteroatoms. The van der Waals surface area contributed by atoms with Gasteiger partial charge in [-0.1, -0.05) is 0 Å². The number of carbonyl (C=O) groups excluding carboxylic acids is 1. The Morgan fingerprint density at radius 2 is 2.19 bits per heavy atom. The highest BCUT2D eigenvalue weighted by Gasteiger charge is 2.28. The number of nitrogens with two attached hydrogens (primary N) is 1. The Hall–Kier alpha value is -1.37. The first-order valence-electron chi connectivity index (χ1n) is 6.31. The molecule has 0 spiro atoms. The molecule has 1 fully saturated rings. The van der Waals surface area contributed by atoms with Crippen molar-refractivity contribution >= 4 is 41.8 Å². The van der Waals surface area contributed by atoms with Crippen molar-refractivity contribution in [2.24, 2.45) is 11.7 Å². The van der Waals surface area contributed by atoms with Crippen LogP contribution >= 0.6 is 24.8 Å². The molecule has 3 rings (SSSR count). The molecule has 0 aliphatic heterocycles. The van der Waals surface area contributed by atoms with Crippen molar-refractivity contribution in [3.63, 3.8) is 0 Å². The number of rotatable bonds is 4. The molecule has 1 atom stereocenters. The van der Waals surface area contributed by atoms with Crippen molar-refractivity contribution < 1.29 is 9.18 Å². The standard InChI is InChI=1S/C13H15FN4O.2ClH/c14-8-3-9(12-11(4-8)17-6-18-12)13(19)16-5-10(15)7-1-2-7;;/h3-4,6-7,10H,1-2,5,15H2,(H,16,19)(H,17,18);2*1H. The van der Waals surface area contributed by atoms with Gasteiger partial charge in [0.25, 0.3) is 5.91 Å². The molecule has 1 aliphatic rings. The Morgan fingerprint density at radius 1 is 1.48 bits per heavy atom. The normalized spacial score (nSPS) is 15.0. The molecule has 1 heterocycles. The molecule has 0 bridgehead atoms. The van der Waals surface area contributed by atoms with E-state index in [2.05, 4.69) is 15.3 Å². The Labute approximate surface area is 133 Å². The lowest BCUT2D eigenvalue weighted by atomic mass is 10.1. The zero-order valence-electron chi connectivity index (χ0n) is 11.1. The summed E-state index contributed by atoms with van der Waals surface area (Å²) in [7, 11) is 0. The molecule has 21 heavy (non-hydrogen) atoms. The summed E-state index contributed by atoms with van der Waals surface area (Å²) >= 11 is 0. The van der Waals surface area contributed by atoms with Gasteiger partial charge in [-0.15, -0.1) is 24.8 Å². The first-order chi connectivity index (χ1) is 9.15. The number of aromatic amines is 1. The van der Waals surface area contributed by atoms with Crippen molar-refractivity contribution in [1.29, 1.82) is 0 Å². The van der Waals surface area contributed by atoms with E-state index in [1.807, 2.05) is 0 Å². The van der Waals surface area contributed by atoms with Crippen LogP contribution in [0.4, 0.5) is 4.39 Å². The van der Waals surface area contributed by atoms with Gasteiger partial charge < -0.3 is 16.0 Å². The van der Waals surface area contributed by atoms with Crippen molar-refractivity contribution in [3.05, 3.63) is 29.8 Å². The van der Waals surface area contributed by atoms with E-state index in [-0.39, 0.29) is 42.3 Å². The van der Waals surface area contributed by atoms with E-state index >= 15 is 0 Å². The van der Waals surface area contributed by atoms with Gasteiger partial charge in [-0.25, -0.2) is 9.37 Å². The molecule has 1 aromatic heterocycles.